The summed E-state index contributed by atoms with van der Waals surface area (Å²) >= 11 is 1.40. The number of ether oxygens (including phenoxy) is 3. The van der Waals surface area contributed by atoms with Gasteiger partial charge in [0, 0.05) is 6.08 Å². The average molecular weight is 427 g/mol. The zero-order chi connectivity index (χ0) is 21.3. The first-order chi connectivity index (χ1) is 14.6. The Bertz CT molecular complexity index is 1030. The maximum atomic E-state index is 12.3. The third kappa shape index (κ3) is 5.51. The van der Waals surface area contributed by atoms with Crippen LogP contribution >= 0.6 is 11.3 Å². The summed E-state index contributed by atoms with van der Waals surface area (Å²) in [5.41, 5.74) is 1.58. The Kier molecular flexibility index (Phi) is 7.68. The van der Waals surface area contributed by atoms with Crippen LogP contribution in [0.3, 0.4) is 0 Å². The van der Waals surface area contributed by atoms with Crippen LogP contribution in [0.1, 0.15) is 31.7 Å². The van der Waals surface area contributed by atoms with Crippen molar-refractivity contribution in [3.05, 3.63) is 48.0 Å². The van der Waals surface area contributed by atoms with Gasteiger partial charge in [-0.3, -0.25) is 10.1 Å². The smallest absolute Gasteiger partial charge is 0.250 e. The number of thiazole rings is 1. The summed E-state index contributed by atoms with van der Waals surface area (Å²) in [6.45, 7) is 2.82. The number of anilines is 1. The first-order valence-electron chi connectivity index (χ1n) is 9.88. The molecule has 0 radical (unpaired) electrons. The number of hydrogen-bond acceptors (Lipinski definition) is 6. The minimum atomic E-state index is -0.258. The molecule has 6 nitrogen and oxygen atoms in total. The normalized spacial score (nSPS) is 11.0. The molecule has 0 atom stereocenters. The summed E-state index contributed by atoms with van der Waals surface area (Å²) in [4.78, 5) is 16.8. The van der Waals surface area contributed by atoms with Gasteiger partial charge in [-0.25, -0.2) is 4.98 Å². The zero-order valence-electron chi connectivity index (χ0n) is 17.4. The Morgan fingerprint density at radius 3 is 2.70 bits per heavy atom. The SMILES string of the molecule is CCCCCOc1ccc(/C=C/C(=O)Nc2nc3c(OC)cccc3s2)cc1OC. The van der Waals surface area contributed by atoms with Crippen molar-refractivity contribution in [2.24, 2.45) is 0 Å². The summed E-state index contributed by atoms with van der Waals surface area (Å²) in [6.07, 6.45) is 6.50. The lowest BCUT2D eigenvalue weighted by Gasteiger charge is -2.11. The van der Waals surface area contributed by atoms with Gasteiger partial charge in [-0.15, -0.1) is 0 Å². The Morgan fingerprint density at radius 1 is 1.10 bits per heavy atom. The third-order valence-corrected chi connectivity index (χ3v) is 5.39. The number of nitrogens with one attached hydrogen (secondary N) is 1. The van der Waals surface area contributed by atoms with Crippen molar-refractivity contribution in [3.8, 4) is 17.2 Å². The molecular formula is C23H26N2O4S. The van der Waals surface area contributed by atoms with Gasteiger partial charge in [0.2, 0.25) is 5.91 Å². The minimum absolute atomic E-state index is 0.258. The zero-order valence-corrected chi connectivity index (χ0v) is 18.3. The number of benzene rings is 2. The predicted octanol–water partition coefficient (Wildman–Crippen LogP) is 5.53. The van der Waals surface area contributed by atoms with E-state index in [0.717, 1.165) is 35.0 Å². The molecule has 2 aromatic carbocycles. The molecule has 3 rings (SSSR count). The van der Waals surface area contributed by atoms with Gasteiger partial charge < -0.3 is 14.2 Å². The second-order valence-electron chi connectivity index (χ2n) is 6.61. The van der Waals surface area contributed by atoms with Gasteiger partial charge in [-0.05, 0) is 42.3 Å². The Hall–Kier alpha value is -3.06. The monoisotopic (exact) mass is 426 g/mol. The van der Waals surface area contributed by atoms with Crippen LogP contribution in [0.2, 0.25) is 0 Å². The van der Waals surface area contributed by atoms with Gasteiger partial charge in [0.05, 0.1) is 25.5 Å². The maximum Gasteiger partial charge on any atom is 0.250 e. The molecule has 0 aliphatic heterocycles. The minimum Gasteiger partial charge on any atom is -0.494 e. The number of para-hydroxylation sites is 1. The van der Waals surface area contributed by atoms with Gasteiger partial charge in [0.1, 0.15) is 11.3 Å². The van der Waals surface area contributed by atoms with Crippen molar-refractivity contribution in [3.63, 3.8) is 0 Å². The molecule has 1 N–H and O–H groups in total. The number of carbonyl (C=O) groups is 1. The summed E-state index contributed by atoms with van der Waals surface area (Å²) in [5.74, 6) is 1.78. The van der Waals surface area contributed by atoms with Crippen molar-refractivity contribution in [2.45, 2.75) is 26.2 Å². The molecule has 0 saturated heterocycles. The molecule has 0 saturated carbocycles. The fourth-order valence-electron chi connectivity index (χ4n) is 2.90. The van der Waals surface area contributed by atoms with Crippen molar-refractivity contribution in [2.75, 3.05) is 26.1 Å². The molecule has 1 heterocycles. The molecule has 3 aromatic rings. The molecule has 30 heavy (non-hydrogen) atoms. The highest BCUT2D eigenvalue weighted by molar-refractivity contribution is 7.22. The highest BCUT2D eigenvalue weighted by Crippen LogP contribution is 2.32. The molecule has 7 heteroatoms. The number of hydrogen-bond donors (Lipinski definition) is 1. The van der Waals surface area contributed by atoms with Crippen LogP contribution in [0.5, 0.6) is 17.2 Å². The number of unbranched alkanes of at least 4 members (excludes halogenated alkanes) is 2. The van der Waals surface area contributed by atoms with Crippen LogP contribution in [0.4, 0.5) is 5.13 Å². The van der Waals surface area contributed by atoms with Gasteiger partial charge in [-0.1, -0.05) is 43.2 Å². The van der Waals surface area contributed by atoms with Gasteiger partial charge in [0.25, 0.3) is 0 Å². The van der Waals surface area contributed by atoms with E-state index in [4.69, 9.17) is 14.2 Å². The number of methoxy groups -OCH3 is 2. The van der Waals surface area contributed by atoms with Crippen molar-refractivity contribution >= 4 is 38.7 Å². The Morgan fingerprint density at radius 2 is 1.93 bits per heavy atom. The van der Waals surface area contributed by atoms with E-state index in [1.54, 1.807) is 20.3 Å². The number of amides is 1. The molecule has 0 bridgehead atoms. The molecule has 1 amide bonds. The summed E-state index contributed by atoms with van der Waals surface area (Å²) in [6, 6.07) is 11.3. The largest absolute Gasteiger partial charge is 0.494 e. The van der Waals surface area contributed by atoms with Crippen molar-refractivity contribution in [1.82, 2.24) is 4.98 Å². The number of fused-ring (bicyclic) bond motifs is 1. The molecule has 158 valence electrons. The second kappa shape index (κ2) is 10.6. The Labute approximate surface area is 180 Å². The van der Waals surface area contributed by atoms with Gasteiger partial charge in [0.15, 0.2) is 16.6 Å². The molecule has 0 unspecified atom stereocenters. The third-order valence-electron chi connectivity index (χ3n) is 4.45. The number of carbonyl (C=O) groups excluding carboxylic acids is 1. The summed E-state index contributed by atoms with van der Waals surface area (Å²) < 4.78 is 17.5. The quantitative estimate of drug-likeness (QED) is 0.341. The summed E-state index contributed by atoms with van der Waals surface area (Å²) in [5, 5.41) is 3.33. The van der Waals surface area contributed by atoms with Crippen LogP contribution in [-0.2, 0) is 4.79 Å². The lowest BCUT2D eigenvalue weighted by Crippen LogP contribution is -2.07. The first-order valence-corrected chi connectivity index (χ1v) is 10.7. The highest BCUT2D eigenvalue weighted by Gasteiger charge is 2.10. The molecule has 0 spiro atoms. The fraction of sp³-hybridized carbons (Fsp3) is 0.304. The Balaban J connectivity index is 1.64. The van der Waals surface area contributed by atoms with E-state index in [1.807, 2.05) is 36.4 Å². The number of rotatable bonds is 10. The lowest BCUT2D eigenvalue weighted by molar-refractivity contribution is -0.111. The van der Waals surface area contributed by atoms with E-state index in [2.05, 4.69) is 17.2 Å². The molecule has 0 aliphatic rings. The van der Waals surface area contributed by atoms with E-state index < -0.39 is 0 Å². The molecular weight excluding hydrogens is 400 g/mol. The van der Waals surface area contributed by atoms with E-state index in [9.17, 15) is 4.79 Å². The topological polar surface area (TPSA) is 69.7 Å². The summed E-state index contributed by atoms with van der Waals surface area (Å²) in [7, 11) is 3.21. The molecule has 0 aliphatic carbocycles. The van der Waals surface area contributed by atoms with E-state index in [1.165, 1.54) is 17.4 Å². The van der Waals surface area contributed by atoms with Crippen LogP contribution in [0, 0.1) is 0 Å². The molecule has 1 aromatic heterocycles. The molecule has 0 fully saturated rings. The second-order valence-corrected chi connectivity index (χ2v) is 7.65. The van der Waals surface area contributed by atoms with Crippen LogP contribution < -0.4 is 19.5 Å². The van der Waals surface area contributed by atoms with E-state index >= 15 is 0 Å². The maximum absolute atomic E-state index is 12.3. The number of nitrogens with zero attached hydrogens (tertiary/aromatic N) is 1. The average Bonchev–Trinajstić information content (AvgIpc) is 3.18. The van der Waals surface area contributed by atoms with Crippen molar-refractivity contribution in [1.29, 1.82) is 0 Å². The number of aromatic nitrogens is 1. The fourth-order valence-corrected chi connectivity index (χ4v) is 3.79. The van der Waals surface area contributed by atoms with Crippen LogP contribution in [0.25, 0.3) is 16.3 Å². The van der Waals surface area contributed by atoms with Crippen LogP contribution in [0.15, 0.2) is 42.5 Å². The lowest BCUT2D eigenvalue weighted by atomic mass is 10.2. The van der Waals surface area contributed by atoms with E-state index in [0.29, 0.717) is 29.0 Å². The van der Waals surface area contributed by atoms with Gasteiger partial charge >= 0.3 is 0 Å². The first kappa shape index (κ1) is 21.6. The van der Waals surface area contributed by atoms with Crippen molar-refractivity contribution < 1.29 is 19.0 Å². The highest BCUT2D eigenvalue weighted by atomic mass is 32.1. The van der Waals surface area contributed by atoms with E-state index in [-0.39, 0.29) is 5.91 Å². The standard InChI is InChI=1S/C23H26N2O4S/c1-4-5-6-14-29-17-12-10-16(15-19(17)28-3)11-13-21(26)24-23-25-22-18(27-2)8-7-9-20(22)30-23/h7-13,15H,4-6,14H2,1-3H3,(H,24,25,26)/b13-11+. The van der Waals surface area contributed by atoms with Crippen LogP contribution in [-0.4, -0.2) is 31.7 Å². The van der Waals surface area contributed by atoms with Gasteiger partial charge in [-0.2, -0.15) is 0 Å². The predicted molar refractivity (Wildman–Crippen MR) is 122 cm³/mol.